The van der Waals surface area contributed by atoms with Gasteiger partial charge in [-0.25, -0.2) is 0 Å². The van der Waals surface area contributed by atoms with Crippen molar-refractivity contribution in [1.82, 2.24) is 0 Å². The number of rotatable bonds is 2. The second-order valence-electron chi connectivity index (χ2n) is 2.40. The first-order chi connectivity index (χ1) is 6.04. The lowest BCUT2D eigenvalue weighted by Gasteiger charge is -1.96. The molecule has 0 N–H and O–H groups in total. The number of nitrogens with zero attached hydrogens (tertiary/aromatic N) is 1. The maximum absolute atomic E-state index is 10.8. The number of carbonyl (C=O) groups is 2. The summed E-state index contributed by atoms with van der Waals surface area (Å²) in [6, 6.07) is 4.57. The number of halogens is 2. The van der Waals surface area contributed by atoms with Crippen LogP contribution >= 0.6 is 23.2 Å². The number of hydrogen-bond acceptors (Lipinski definition) is 2. The van der Waals surface area contributed by atoms with Crippen LogP contribution in [0.5, 0.6) is 0 Å². The topological polar surface area (TPSA) is 38.0 Å². The van der Waals surface area contributed by atoms with Crippen molar-refractivity contribution in [2.24, 2.45) is 7.05 Å². The fraction of sp³-hybridized carbons (Fsp3) is 0.125. The Morgan fingerprint density at radius 2 is 1.54 bits per heavy atom. The van der Waals surface area contributed by atoms with E-state index >= 15 is 0 Å². The zero-order valence-electron chi connectivity index (χ0n) is 6.75. The smallest absolute Gasteiger partial charge is 0.269 e. The highest BCUT2D eigenvalue weighted by atomic mass is 35.5. The molecule has 1 aromatic rings. The van der Waals surface area contributed by atoms with Gasteiger partial charge < -0.3 is 0 Å². The van der Waals surface area contributed by atoms with Gasteiger partial charge in [-0.3, -0.25) is 9.59 Å². The molecule has 0 atom stereocenters. The molecule has 0 radical (unpaired) electrons. The molecule has 0 unspecified atom stereocenters. The van der Waals surface area contributed by atoms with E-state index in [4.69, 9.17) is 23.2 Å². The van der Waals surface area contributed by atoms with E-state index in [-0.39, 0.29) is 11.4 Å². The lowest BCUT2D eigenvalue weighted by Crippen LogP contribution is -2.40. The van der Waals surface area contributed by atoms with E-state index in [1.807, 2.05) is 0 Å². The molecule has 0 fully saturated rings. The second-order valence-corrected chi connectivity index (χ2v) is 3.09. The van der Waals surface area contributed by atoms with Gasteiger partial charge in [0.05, 0.1) is 0 Å². The maximum atomic E-state index is 10.8. The summed E-state index contributed by atoms with van der Waals surface area (Å²) in [4.78, 5) is 21.7. The molecule has 0 aliphatic heterocycles. The van der Waals surface area contributed by atoms with Crippen molar-refractivity contribution in [3.05, 3.63) is 29.6 Å². The van der Waals surface area contributed by atoms with Crippen molar-refractivity contribution >= 4 is 33.7 Å². The van der Waals surface area contributed by atoms with Crippen molar-refractivity contribution in [2.75, 3.05) is 0 Å². The largest absolute Gasteiger partial charge is 0.316 e. The standard InChI is InChI=1S/C8H6Cl2NO2/c1-11-5(7(9)12)3-2-4-6(11)8(10)13/h2-4H,1H3/q+1. The first kappa shape index (κ1) is 10.2. The summed E-state index contributed by atoms with van der Waals surface area (Å²) in [5.41, 5.74) is 0.460. The normalized spacial score (nSPS) is 9.77. The molecule has 0 aliphatic rings. The third-order valence-corrected chi connectivity index (χ3v) is 2.02. The SMILES string of the molecule is C[n+]1c(C(=O)Cl)cccc1C(=O)Cl. The van der Waals surface area contributed by atoms with Gasteiger partial charge >= 0.3 is 10.5 Å². The average Bonchev–Trinajstić information content (AvgIpc) is 2.03. The van der Waals surface area contributed by atoms with Crippen molar-refractivity contribution < 1.29 is 14.2 Å². The Morgan fingerprint density at radius 1 is 1.15 bits per heavy atom. The van der Waals surface area contributed by atoms with Crippen LogP contribution in [0.1, 0.15) is 21.0 Å². The predicted molar refractivity (Wildman–Crippen MR) is 48.0 cm³/mol. The molecule has 5 heteroatoms. The van der Waals surface area contributed by atoms with E-state index < -0.39 is 10.5 Å². The zero-order valence-corrected chi connectivity index (χ0v) is 8.26. The maximum Gasteiger partial charge on any atom is 0.316 e. The van der Waals surface area contributed by atoms with Gasteiger partial charge in [-0.1, -0.05) is 0 Å². The molecule has 0 amide bonds. The highest BCUT2D eigenvalue weighted by Gasteiger charge is 2.21. The molecule has 3 nitrogen and oxygen atoms in total. The fourth-order valence-corrected chi connectivity index (χ4v) is 1.36. The predicted octanol–water partition coefficient (Wildman–Crippen LogP) is 1.27. The molecular formula is C8H6Cl2NO2+. The van der Waals surface area contributed by atoms with Crippen LogP contribution < -0.4 is 4.57 Å². The number of aromatic nitrogens is 1. The van der Waals surface area contributed by atoms with E-state index in [9.17, 15) is 9.59 Å². The van der Waals surface area contributed by atoms with Gasteiger partial charge in [0.25, 0.3) is 11.4 Å². The number of carbonyl (C=O) groups excluding carboxylic acids is 2. The highest BCUT2D eigenvalue weighted by Crippen LogP contribution is 2.02. The summed E-state index contributed by atoms with van der Waals surface area (Å²) in [6.07, 6.45) is 0. The molecule has 1 aromatic heterocycles. The van der Waals surface area contributed by atoms with Gasteiger partial charge in [0.2, 0.25) is 0 Å². The van der Waals surface area contributed by atoms with Gasteiger partial charge in [-0.05, 0) is 29.3 Å². The minimum atomic E-state index is -0.623. The lowest BCUT2D eigenvalue weighted by atomic mass is 10.3. The molecular weight excluding hydrogens is 213 g/mol. The Balaban J connectivity index is 3.35. The first-order valence-electron chi connectivity index (χ1n) is 3.42. The van der Waals surface area contributed by atoms with Crippen molar-refractivity contribution in [1.29, 1.82) is 0 Å². The first-order valence-corrected chi connectivity index (χ1v) is 4.18. The second kappa shape index (κ2) is 3.85. The number of pyridine rings is 1. The molecule has 1 heterocycles. The van der Waals surface area contributed by atoms with Crippen molar-refractivity contribution in [2.45, 2.75) is 0 Å². The summed E-state index contributed by atoms with van der Waals surface area (Å²) in [5, 5.41) is -1.25. The van der Waals surface area contributed by atoms with Crippen molar-refractivity contribution in [3.63, 3.8) is 0 Å². The monoisotopic (exact) mass is 218 g/mol. The van der Waals surface area contributed by atoms with E-state index in [0.29, 0.717) is 0 Å². The third-order valence-electron chi connectivity index (χ3n) is 1.63. The summed E-state index contributed by atoms with van der Waals surface area (Å²) in [6.45, 7) is 0. The van der Waals surface area contributed by atoms with Crippen LogP contribution in [0.3, 0.4) is 0 Å². The Labute approximate surface area is 84.9 Å². The highest BCUT2D eigenvalue weighted by molar-refractivity contribution is 6.68. The molecule has 0 saturated carbocycles. The molecule has 13 heavy (non-hydrogen) atoms. The number of hydrogen-bond donors (Lipinski definition) is 0. The van der Waals surface area contributed by atoms with Crippen LogP contribution in [0.4, 0.5) is 0 Å². The summed E-state index contributed by atoms with van der Waals surface area (Å²) in [5.74, 6) is 0. The van der Waals surface area contributed by atoms with Crippen LogP contribution in [0.25, 0.3) is 0 Å². The van der Waals surface area contributed by atoms with E-state index in [1.54, 1.807) is 13.1 Å². The lowest BCUT2D eigenvalue weighted by molar-refractivity contribution is -0.674. The summed E-state index contributed by atoms with van der Waals surface area (Å²) < 4.78 is 1.35. The Hall–Kier alpha value is -0.930. The molecule has 68 valence electrons. The Kier molecular flexibility index (Phi) is 3.01. The van der Waals surface area contributed by atoms with Crippen LogP contribution in [0, 0.1) is 0 Å². The quantitative estimate of drug-likeness (QED) is 0.554. The van der Waals surface area contributed by atoms with Crippen LogP contribution in [-0.2, 0) is 7.05 Å². The summed E-state index contributed by atoms with van der Waals surface area (Å²) >= 11 is 10.5. The van der Waals surface area contributed by atoms with Crippen LogP contribution in [0.2, 0.25) is 0 Å². The van der Waals surface area contributed by atoms with Gasteiger partial charge in [0.15, 0.2) is 0 Å². The van der Waals surface area contributed by atoms with E-state index in [0.717, 1.165) is 0 Å². The van der Waals surface area contributed by atoms with Gasteiger partial charge in [0, 0.05) is 12.1 Å². The van der Waals surface area contributed by atoms with Gasteiger partial charge in [-0.2, -0.15) is 4.57 Å². The molecule has 0 aromatic carbocycles. The minimum Gasteiger partial charge on any atom is -0.269 e. The van der Waals surface area contributed by atoms with Crippen LogP contribution in [-0.4, -0.2) is 10.5 Å². The van der Waals surface area contributed by atoms with Crippen molar-refractivity contribution in [3.8, 4) is 0 Å². The Morgan fingerprint density at radius 3 is 1.85 bits per heavy atom. The Bertz CT molecular complexity index is 344. The molecule has 0 spiro atoms. The third kappa shape index (κ3) is 2.05. The zero-order chi connectivity index (χ0) is 10.0. The summed E-state index contributed by atoms with van der Waals surface area (Å²) in [7, 11) is 1.55. The fourth-order valence-electron chi connectivity index (χ4n) is 0.979. The van der Waals surface area contributed by atoms with E-state index in [2.05, 4.69) is 0 Å². The molecule has 0 saturated heterocycles. The van der Waals surface area contributed by atoms with Crippen LogP contribution in [0.15, 0.2) is 18.2 Å². The molecule has 1 rings (SSSR count). The average molecular weight is 219 g/mol. The van der Waals surface area contributed by atoms with Gasteiger partial charge in [0.1, 0.15) is 7.05 Å². The molecule has 0 aliphatic carbocycles. The molecule has 0 bridgehead atoms. The van der Waals surface area contributed by atoms with E-state index in [1.165, 1.54) is 16.7 Å². The minimum absolute atomic E-state index is 0.230. The van der Waals surface area contributed by atoms with Gasteiger partial charge in [-0.15, -0.1) is 0 Å².